The molecular formula is C22H31N3O6S. The monoisotopic (exact) mass is 465 g/mol. The number of carbonyl (C=O) groups excluding carboxylic acids is 1. The van der Waals surface area contributed by atoms with Crippen molar-refractivity contribution in [3.8, 4) is 11.5 Å². The molecule has 0 aromatic heterocycles. The summed E-state index contributed by atoms with van der Waals surface area (Å²) in [6.07, 6.45) is 4.16. The van der Waals surface area contributed by atoms with E-state index in [-0.39, 0.29) is 24.3 Å². The van der Waals surface area contributed by atoms with Gasteiger partial charge in [0.05, 0.1) is 33.5 Å². The van der Waals surface area contributed by atoms with Gasteiger partial charge in [-0.25, -0.2) is 4.79 Å². The fourth-order valence-electron chi connectivity index (χ4n) is 4.49. The van der Waals surface area contributed by atoms with E-state index in [9.17, 15) is 4.79 Å². The third-order valence-corrected chi connectivity index (χ3v) is 6.34. The van der Waals surface area contributed by atoms with Crippen LogP contribution in [-0.2, 0) is 14.2 Å². The normalized spacial score (nSPS) is 27.3. The standard InChI is InChI=1S/C22H31N3O6S/c1-27-15-8-14(9-16(10-15)28-2)23-21(32)25-17-11-29-20-18(12-30-19(17)20)31-22(26)24-13-6-4-3-5-7-13/h8-10,13,17-20H,3-7,11-12H2,1-2H3,(H,24,26)(H2,23,25,32)/t17-,18+,19+,20+/m0/s1. The summed E-state index contributed by atoms with van der Waals surface area (Å²) in [6, 6.07) is 5.49. The third kappa shape index (κ3) is 5.54. The van der Waals surface area contributed by atoms with E-state index in [4.69, 9.17) is 35.9 Å². The van der Waals surface area contributed by atoms with Crippen molar-refractivity contribution < 1.29 is 28.5 Å². The molecule has 0 radical (unpaired) electrons. The molecule has 4 atom stereocenters. The maximum atomic E-state index is 12.3. The second-order valence-corrected chi connectivity index (χ2v) is 8.73. The minimum Gasteiger partial charge on any atom is -0.497 e. The van der Waals surface area contributed by atoms with E-state index < -0.39 is 12.2 Å². The van der Waals surface area contributed by atoms with Crippen molar-refractivity contribution in [2.75, 3.05) is 32.8 Å². The van der Waals surface area contributed by atoms with Gasteiger partial charge in [0.25, 0.3) is 0 Å². The van der Waals surface area contributed by atoms with E-state index in [1.807, 2.05) is 12.1 Å². The van der Waals surface area contributed by atoms with E-state index in [1.54, 1.807) is 20.3 Å². The topological polar surface area (TPSA) is 99.3 Å². The molecule has 1 amide bonds. The summed E-state index contributed by atoms with van der Waals surface area (Å²) in [6.45, 7) is 0.710. The molecule has 3 fully saturated rings. The number of rotatable bonds is 6. The van der Waals surface area contributed by atoms with E-state index in [2.05, 4.69) is 16.0 Å². The summed E-state index contributed by atoms with van der Waals surface area (Å²) < 4.78 is 28.0. The predicted octanol–water partition coefficient (Wildman–Crippen LogP) is 2.58. The highest BCUT2D eigenvalue weighted by atomic mass is 32.1. The number of fused-ring (bicyclic) bond motifs is 1. The van der Waals surface area contributed by atoms with Crippen LogP contribution < -0.4 is 25.4 Å². The fraction of sp³-hybridized carbons (Fsp3) is 0.636. The summed E-state index contributed by atoms with van der Waals surface area (Å²) in [4.78, 5) is 12.3. The van der Waals surface area contributed by atoms with Crippen molar-refractivity contribution in [3.63, 3.8) is 0 Å². The van der Waals surface area contributed by atoms with Gasteiger partial charge in [0.1, 0.15) is 23.7 Å². The maximum absolute atomic E-state index is 12.3. The van der Waals surface area contributed by atoms with Crippen molar-refractivity contribution in [2.45, 2.75) is 62.5 Å². The average Bonchev–Trinajstić information content (AvgIpc) is 3.37. The lowest BCUT2D eigenvalue weighted by molar-refractivity contribution is 0.00277. The number of amides is 1. The molecule has 10 heteroatoms. The van der Waals surface area contributed by atoms with Crippen LogP contribution in [0.25, 0.3) is 0 Å². The van der Waals surface area contributed by atoms with Crippen molar-refractivity contribution >= 4 is 29.1 Å². The van der Waals surface area contributed by atoms with Crippen molar-refractivity contribution in [2.24, 2.45) is 0 Å². The average molecular weight is 466 g/mol. The molecule has 1 aliphatic carbocycles. The fourth-order valence-corrected chi connectivity index (χ4v) is 4.76. The Kier molecular flexibility index (Phi) is 7.54. The molecule has 1 saturated carbocycles. The van der Waals surface area contributed by atoms with Crippen LogP contribution in [0.15, 0.2) is 18.2 Å². The number of nitrogens with one attached hydrogen (secondary N) is 3. The van der Waals surface area contributed by atoms with Gasteiger partial charge in [-0.3, -0.25) is 0 Å². The molecule has 0 spiro atoms. The van der Waals surface area contributed by atoms with Crippen LogP contribution in [0.1, 0.15) is 32.1 Å². The minimum absolute atomic E-state index is 0.150. The first-order valence-electron chi connectivity index (χ1n) is 11.1. The van der Waals surface area contributed by atoms with Crippen molar-refractivity contribution in [1.29, 1.82) is 0 Å². The summed E-state index contributed by atoms with van der Waals surface area (Å²) in [5, 5.41) is 9.79. The highest BCUT2D eigenvalue weighted by Gasteiger charge is 2.49. The molecule has 176 valence electrons. The van der Waals surface area contributed by atoms with E-state index >= 15 is 0 Å². The van der Waals surface area contributed by atoms with Gasteiger partial charge in [-0.05, 0) is 25.1 Å². The molecule has 2 saturated heterocycles. The molecule has 3 N–H and O–H groups in total. The van der Waals surface area contributed by atoms with Crippen LogP contribution in [-0.4, -0.2) is 69.0 Å². The van der Waals surface area contributed by atoms with Crippen molar-refractivity contribution in [1.82, 2.24) is 10.6 Å². The van der Waals surface area contributed by atoms with Crippen molar-refractivity contribution in [3.05, 3.63) is 18.2 Å². The van der Waals surface area contributed by atoms with Crippen LogP contribution in [0.3, 0.4) is 0 Å². The number of thiocarbonyl (C=S) groups is 1. The molecule has 32 heavy (non-hydrogen) atoms. The van der Waals surface area contributed by atoms with Gasteiger partial charge in [-0.2, -0.15) is 0 Å². The Morgan fingerprint density at radius 1 is 0.969 bits per heavy atom. The van der Waals surface area contributed by atoms with Gasteiger partial charge < -0.3 is 39.6 Å². The number of anilines is 1. The highest BCUT2D eigenvalue weighted by molar-refractivity contribution is 7.80. The summed E-state index contributed by atoms with van der Waals surface area (Å²) in [5.41, 5.74) is 0.738. The summed E-state index contributed by atoms with van der Waals surface area (Å²) >= 11 is 5.47. The Bertz CT molecular complexity index is 797. The molecule has 2 heterocycles. The smallest absolute Gasteiger partial charge is 0.407 e. The zero-order chi connectivity index (χ0) is 22.5. The van der Waals surface area contributed by atoms with Gasteiger partial charge >= 0.3 is 6.09 Å². The Hall–Kier alpha value is -2.30. The summed E-state index contributed by atoms with van der Waals surface area (Å²) in [5.74, 6) is 1.31. The second kappa shape index (κ2) is 10.5. The van der Waals surface area contributed by atoms with Gasteiger partial charge in [-0.15, -0.1) is 0 Å². The Balaban J connectivity index is 1.27. The first-order chi connectivity index (χ1) is 15.6. The second-order valence-electron chi connectivity index (χ2n) is 8.33. The van der Waals surface area contributed by atoms with Gasteiger partial charge in [-0.1, -0.05) is 19.3 Å². The summed E-state index contributed by atoms with van der Waals surface area (Å²) in [7, 11) is 3.19. The SMILES string of the molecule is COc1cc(NC(=S)N[C@H]2CO[C@H]3[C@@H]2OC[C@H]3OC(=O)NC2CCCCC2)cc(OC)c1. The lowest BCUT2D eigenvalue weighted by atomic mass is 9.96. The molecule has 1 aromatic rings. The number of alkyl carbamates (subject to hydrolysis) is 1. The Morgan fingerprint density at radius 3 is 2.34 bits per heavy atom. The number of carbonyl (C=O) groups is 1. The quantitative estimate of drug-likeness (QED) is 0.548. The van der Waals surface area contributed by atoms with Crippen LogP contribution >= 0.6 is 12.2 Å². The lowest BCUT2D eigenvalue weighted by Crippen LogP contribution is -2.46. The number of ether oxygens (including phenoxy) is 5. The maximum Gasteiger partial charge on any atom is 0.407 e. The number of methoxy groups -OCH3 is 2. The minimum atomic E-state index is -0.431. The van der Waals surface area contributed by atoms with Crippen LogP contribution in [0, 0.1) is 0 Å². The molecule has 2 aliphatic heterocycles. The van der Waals surface area contributed by atoms with Crippen LogP contribution in [0.5, 0.6) is 11.5 Å². The number of hydrogen-bond donors (Lipinski definition) is 3. The van der Waals surface area contributed by atoms with Gasteiger partial charge in [0, 0.05) is 29.9 Å². The van der Waals surface area contributed by atoms with Crippen LogP contribution in [0.4, 0.5) is 10.5 Å². The van der Waals surface area contributed by atoms with E-state index in [0.717, 1.165) is 31.4 Å². The molecule has 0 bridgehead atoms. The number of benzene rings is 1. The highest BCUT2D eigenvalue weighted by Crippen LogP contribution is 2.30. The largest absolute Gasteiger partial charge is 0.497 e. The van der Waals surface area contributed by atoms with Gasteiger partial charge in [0.2, 0.25) is 0 Å². The van der Waals surface area contributed by atoms with E-state index in [0.29, 0.717) is 29.8 Å². The lowest BCUT2D eigenvalue weighted by Gasteiger charge is -2.24. The van der Waals surface area contributed by atoms with Gasteiger partial charge in [0.15, 0.2) is 11.2 Å². The van der Waals surface area contributed by atoms with Crippen LogP contribution in [0.2, 0.25) is 0 Å². The zero-order valence-electron chi connectivity index (χ0n) is 18.4. The molecular weight excluding hydrogens is 434 g/mol. The zero-order valence-corrected chi connectivity index (χ0v) is 19.2. The molecule has 1 aromatic carbocycles. The Labute approximate surface area is 193 Å². The molecule has 4 rings (SSSR count). The first-order valence-corrected chi connectivity index (χ1v) is 11.5. The molecule has 9 nitrogen and oxygen atoms in total. The third-order valence-electron chi connectivity index (χ3n) is 6.12. The van der Waals surface area contributed by atoms with E-state index in [1.165, 1.54) is 6.42 Å². The molecule has 0 unspecified atom stereocenters. The Morgan fingerprint density at radius 2 is 1.66 bits per heavy atom. The number of hydrogen-bond acceptors (Lipinski definition) is 7. The first kappa shape index (κ1) is 22.9. The predicted molar refractivity (Wildman–Crippen MR) is 122 cm³/mol. The molecule has 3 aliphatic rings.